The quantitative estimate of drug-likeness (QED) is 0.515. The van der Waals surface area contributed by atoms with E-state index in [2.05, 4.69) is 15.9 Å². The Labute approximate surface area is 106 Å². The van der Waals surface area contributed by atoms with Crippen LogP contribution in [-0.4, -0.2) is 20.6 Å². The van der Waals surface area contributed by atoms with E-state index < -0.39 is 14.8 Å². The Bertz CT molecular complexity index is 333. The number of carbonyl (C=O) groups excluding carboxylic acids is 1. The molecule has 1 aromatic carbocycles. The van der Waals surface area contributed by atoms with Crippen molar-refractivity contribution in [2.24, 2.45) is 0 Å². The number of hydrogen-bond acceptors (Lipinski definition) is 1. The fourth-order valence-electron chi connectivity index (χ4n) is 0.868. The van der Waals surface area contributed by atoms with Crippen LogP contribution in [0.15, 0.2) is 28.7 Å². The molecule has 0 aromatic heterocycles. The number of carbonyl (C=O) groups is 1. The number of Topliss-reactive ketones (excluding diaryl/α,β-unsaturated/α-hetero) is 1. The Morgan fingerprint density at radius 3 is 2.14 bits per heavy atom. The number of hydrogen-bond donors (Lipinski definition) is 0. The van der Waals surface area contributed by atoms with Crippen LogP contribution in [0.3, 0.4) is 0 Å². The van der Waals surface area contributed by atoms with Gasteiger partial charge >= 0.3 is 107 Å². The third-order valence-corrected chi connectivity index (χ3v) is 5.87. The van der Waals surface area contributed by atoms with Crippen molar-refractivity contribution in [2.45, 2.75) is 4.47 Å². The minimum atomic E-state index is -3.35. The van der Waals surface area contributed by atoms with E-state index in [0.717, 1.165) is 4.47 Å². The molecule has 0 heterocycles. The molecule has 0 radical (unpaired) electrons. The van der Waals surface area contributed by atoms with Gasteiger partial charge in [0.25, 0.3) is 0 Å². The van der Waals surface area contributed by atoms with Crippen LogP contribution in [-0.2, 0) is 0 Å². The van der Waals surface area contributed by atoms with E-state index in [1.165, 1.54) is 0 Å². The number of ketones is 1. The van der Waals surface area contributed by atoms with Gasteiger partial charge in [0.2, 0.25) is 0 Å². The van der Waals surface area contributed by atoms with Gasteiger partial charge in [-0.25, -0.2) is 0 Å². The predicted molar refractivity (Wildman–Crippen MR) is 66.6 cm³/mol. The van der Waals surface area contributed by atoms with E-state index in [-0.39, 0.29) is 10.3 Å². The Balaban J connectivity index is 2.76. The van der Waals surface area contributed by atoms with E-state index in [4.69, 9.17) is 26.9 Å². The Hall–Kier alpha value is 1.03. The molecule has 0 atom stereocenters. The standard InChI is InChI=1S/C8H6BrCl3OTe/c9-7-3-1-6(2-4-7)8(13)5-14(10,11)12/h1-4H,5H2. The summed E-state index contributed by atoms with van der Waals surface area (Å²) in [4.78, 5) is 11.6. The van der Waals surface area contributed by atoms with E-state index in [1.54, 1.807) is 24.3 Å². The van der Waals surface area contributed by atoms with Crippen LogP contribution < -0.4 is 0 Å². The molecule has 0 aliphatic rings. The third kappa shape index (κ3) is 4.70. The molecule has 0 unspecified atom stereocenters. The number of rotatable bonds is 3. The molecule has 0 amide bonds. The fraction of sp³-hybridized carbons (Fsp3) is 0.125. The molecule has 1 rings (SSSR count). The average Bonchev–Trinajstić information content (AvgIpc) is 2.02. The molecular formula is C8H6BrCl3OTe. The zero-order valence-corrected chi connectivity index (χ0v) is 13.0. The molecule has 6 heteroatoms. The van der Waals surface area contributed by atoms with Crippen LogP contribution in [0.25, 0.3) is 0 Å². The Morgan fingerprint density at radius 1 is 1.21 bits per heavy atom. The van der Waals surface area contributed by atoms with E-state index in [1.807, 2.05) is 0 Å². The first-order valence-electron chi connectivity index (χ1n) is 3.57. The molecule has 0 bridgehead atoms. The molecule has 0 N–H and O–H groups in total. The van der Waals surface area contributed by atoms with E-state index >= 15 is 0 Å². The summed E-state index contributed by atoms with van der Waals surface area (Å²) in [5, 5.41) is 0. The Kier molecular flexibility index (Phi) is 5.04. The van der Waals surface area contributed by atoms with Gasteiger partial charge in [0.1, 0.15) is 0 Å². The maximum absolute atomic E-state index is 11.6. The van der Waals surface area contributed by atoms with Crippen molar-refractivity contribution in [2.75, 3.05) is 0 Å². The van der Waals surface area contributed by atoms with Crippen molar-refractivity contribution in [3.63, 3.8) is 0 Å². The molecule has 0 fully saturated rings. The van der Waals surface area contributed by atoms with Crippen LogP contribution in [0.1, 0.15) is 10.4 Å². The SMILES string of the molecule is O=C(C[Te](Cl)(Cl)Cl)c1ccc(Br)cc1. The summed E-state index contributed by atoms with van der Waals surface area (Å²) in [6, 6.07) is 7.01. The van der Waals surface area contributed by atoms with Crippen LogP contribution in [0.4, 0.5) is 0 Å². The van der Waals surface area contributed by atoms with Crippen molar-refractivity contribution in [3.05, 3.63) is 34.3 Å². The van der Waals surface area contributed by atoms with E-state index in [9.17, 15) is 4.79 Å². The molecule has 0 saturated carbocycles. The molecule has 0 saturated heterocycles. The maximum atomic E-state index is 11.6. The van der Waals surface area contributed by atoms with E-state index in [0.29, 0.717) is 5.56 Å². The van der Waals surface area contributed by atoms with Crippen molar-refractivity contribution in [1.29, 1.82) is 0 Å². The first-order valence-corrected chi connectivity index (χ1v) is 14.9. The molecule has 1 aromatic rings. The van der Waals surface area contributed by atoms with Crippen molar-refractivity contribution < 1.29 is 4.79 Å². The van der Waals surface area contributed by atoms with Gasteiger partial charge in [0.15, 0.2) is 0 Å². The molecule has 0 aliphatic carbocycles. The van der Waals surface area contributed by atoms with Gasteiger partial charge in [0.05, 0.1) is 0 Å². The van der Waals surface area contributed by atoms with Crippen molar-refractivity contribution in [3.8, 4) is 0 Å². The normalized spacial score (nSPS) is 12.6. The zero-order valence-electron chi connectivity index (χ0n) is 6.84. The molecule has 78 valence electrons. The van der Waals surface area contributed by atoms with Gasteiger partial charge in [-0.1, -0.05) is 0 Å². The van der Waals surface area contributed by atoms with Crippen LogP contribution in [0.2, 0.25) is 4.47 Å². The first-order chi connectivity index (χ1) is 6.38. The van der Waals surface area contributed by atoms with Crippen molar-refractivity contribution >= 4 is 63.4 Å². The molecular weight excluding hydrogens is 426 g/mol. The van der Waals surface area contributed by atoms with Crippen LogP contribution >= 0.6 is 42.8 Å². The summed E-state index contributed by atoms with van der Waals surface area (Å²) in [6.07, 6.45) is 0. The van der Waals surface area contributed by atoms with Gasteiger partial charge < -0.3 is 0 Å². The average molecular weight is 432 g/mol. The summed E-state index contributed by atoms with van der Waals surface area (Å²) in [6.45, 7) is 0. The van der Waals surface area contributed by atoms with Gasteiger partial charge in [-0.05, 0) is 0 Å². The number of benzene rings is 1. The Morgan fingerprint density at radius 2 is 1.71 bits per heavy atom. The summed E-state index contributed by atoms with van der Waals surface area (Å²) >= 11 is -0.0752. The summed E-state index contributed by atoms with van der Waals surface area (Å²) in [5.41, 5.74) is 0.589. The van der Waals surface area contributed by atoms with Gasteiger partial charge in [0, 0.05) is 0 Å². The molecule has 0 spiro atoms. The monoisotopic (exact) mass is 432 g/mol. The van der Waals surface area contributed by atoms with Crippen LogP contribution in [0.5, 0.6) is 0 Å². The topological polar surface area (TPSA) is 17.1 Å². The zero-order chi connectivity index (χ0) is 10.8. The third-order valence-electron chi connectivity index (χ3n) is 1.46. The predicted octanol–water partition coefficient (Wildman–Crippen LogP) is 4.29. The molecule has 0 aliphatic heterocycles. The second-order valence-electron chi connectivity index (χ2n) is 2.58. The second-order valence-corrected chi connectivity index (χ2v) is 21.0. The fourth-order valence-corrected chi connectivity index (χ4v) is 4.45. The van der Waals surface area contributed by atoms with Gasteiger partial charge in [-0.3, -0.25) is 0 Å². The second kappa shape index (κ2) is 5.39. The first kappa shape index (κ1) is 13.1. The van der Waals surface area contributed by atoms with Crippen molar-refractivity contribution in [1.82, 2.24) is 0 Å². The number of halogens is 4. The van der Waals surface area contributed by atoms with Gasteiger partial charge in [-0.15, -0.1) is 0 Å². The summed E-state index contributed by atoms with van der Waals surface area (Å²) < 4.78 is 0.999. The minimum absolute atomic E-state index is 0.0782. The summed E-state index contributed by atoms with van der Waals surface area (Å²) in [7, 11) is 17.1. The molecule has 1 nitrogen and oxygen atoms in total. The van der Waals surface area contributed by atoms with Gasteiger partial charge in [-0.2, -0.15) is 0 Å². The molecule has 14 heavy (non-hydrogen) atoms. The van der Waals surface area contributed by atoms with Crippen LogP contribution in [0, 0.1) is 0 Å². The summed E-state index contributed by atoms with van der Waals surface area (Å²) in [5.74, 6) is -0.0984.